The lowest BCUT2D eigenvalue weighted by molar-refractivity contribution is 0.0947. The lowest BCUT2D eigenvalue weighted by Gasteiger charge is -2.35. The van der Waals surface area contributed by atoms with Crippen molar-refractivity contribution in [2.24, 2.45) is 0 Å². The number of carbonyl (C=O) groups excluding carboxylic acids is 2. The zero-order chi connectivity index (χ0) is 23.8. The minimum Gasteiger partial charge on any atom is -0.352 e. The van der Waals surface area contributed by atoms with Crippen molar-refractivity contribution in [1.29, 1.82) is 0 Å². The summed E-state index contributed by atoms with van der Waals surface area (Å²) in [5, 5.41) is 6.03. The monoisotopic (exact) mass is 462 g/mol. The first-order chi connectivity index (χ1) is 16.7. The molecule has 2 aromatic carbocycles. The van der Waals surface area contributed by atoms with Crippen molar-refractivity contribution in [1.82, 2.24) is 10.2 Å². The number of nitrogens with one attached hydrogen (secondary N) is 2. The predicted octanol–water partition coefficient (Wildman–Crippen LogP) is 5.45. The largest absolute Gasteiger partial charge is 0.352 e. The highest BCUT2D eigenvalue weighted by Crippen LogP contribution is 2.27. The van der Waals surface area contributed by atoms with Crippen molar-refractivity contribution in [3.05, 3.63) is 59.7 Å². The fourth-order valence-electron chi connectivity index (χ4n) is 5.20. The molecule has 0 radical (unpaired) electrons. The Morgan fingerprint density at radius 1 is 0.971 bits per heavy atom. The fraction of sp³-hybridized carbons (Fsp3) is 0.500. The van der Waals surface area contributed by atoms with E-state index in [9.17, 15) is 9.59 Å². The molecular weight excluding hydrogens is 424 g/mol. The number of aryl methyl sites for hydroxylation is 1. The minimum absolute atomic E-state index is 0.0648. The third-order valence-corrected chi connectivity index (χ3v) is 7.13. The maximum atomic E-state index is 13.0. The number of amides is 3. The standard InChI is InChI=1S/C28H38N4O2/c1-2-25-12-6-7-19-31(25)20-9-18-29-27(33)23-14-16-24(17-15-23)30-28(34)32-21-8-5-11-22-10-3-4-13-26(22)32/h3-4,10,13-17,25H,2,5-9,11-12,18-21H2,1H3,(H,29,33)(H,30,34)/t25-/m1/s1. The summed E-state index contributed by atoms with van der Waals surface area (Å²) >= 11 is 0. The molecule has 2 aliphatic heterocycles. The summed E-state index contributed by atoms with van der Waals surface area (Å²) in [5.74, 6) is -0.0648. The molecule has 0 aromatic heterocycles. The van der Waals surface area contributed by atoms with Gasteiger partial charge >= 0.3 is 6.03 Å². The van der Waals surface area contributed by atoms with Crippen molar-refractivity contribution >= 4 is 23.3 Å². The second-order valence-electron chi connectivity index (χ2n) is 9.45. The van der Waals surface area contributed by atoms with Gasteiger partial charge in [0.15, 0.2) is 0 Å². The summed E-state index contributed by atoms with van der Waals surface area (Å²) < 4.78 is 0. The molecule has 182 valence electrons. The van der Waals surface area contributed by atoms with E-state index in [1.54, 1.807) is 24.3 Å². The fourth-order valence-corrected chi connectivity index (χ4v) is 5.20. The summed E-state index contributed by atoms with van der Waals surface area (Å²) in [6.45, 7) is 5.88. The van der Waals surface area contributed by atoms with E-state index < -0.39 is 0 Å². The average molecular weight is 463 g/mol. The Morgan fingerprint density at radius 3 is 2.59 bits per heavy atom. The molecule has 0 bridgehead atoms. The number of nitrogens with zero attached hydrogens (tertiary/aromatic N) is 2. The van der Waals surface area contributed by atoms with Crippen LogP contribution in [0, 0.1) is 0 Å². The van der Waals surface area contributed by atoms with Crippen LogP contribution in [-0.4, -0.2) is 49.1 Å². The maximum absolute atomic E-state index is 13.0. The van der Waals surface area contributed by atoms with Crippen LogP contribution in [0.2, 0.25) is 0 Å². The molecule has 0 unspecified atom stereocenters. The molecule has 1 atom stereocenters. The van der Waals surface area contributed by atoms with Gasteiger partial charge in [-0.25, -0.2) is 4.79 Å². The highest BCUT2D eigenvalue weighted by molar-refractivity contribution is 6.02. The third kappa shape index (κ3) is 6.17. The number of likely N-dealkylation sites (tertiary alicyclic amines) is 1. The molecule has 6 heteroatoms. The number of anilines is 2. The van der Waals surface area contributed by atoms with Gasteiger partial charge in [-0.3, -0.25) is 9.69 Å². The Balaban J connectivity index is 1.26. The molecule has 0 spiro atoms. The number of piperidine rings is 1. The van der Waals surface area contributed by atoms with E-state index >= 15 is 0 Å². The molecule has 1 saturated heterocycles. The average Bonchev–Trinajstić information content (AvgIpc) is 3.10. The van der Waals surface area contributed by atoms with Crippen LogP contribution in [0.15, 0.2) is 48.5 Å². The Kier molecular flexibility index (Phi) is 8.58. The lowest BCUT2D eigenvalue weighted by Crippen LogP contribution is -2.40. The van der Waals surface area contributed by atoms with Crippen LogP contribution >= 0.6 is 0 Å². The third-order valence-electron chi connectivity index (χ3n) is 7.13. The molecule has 2 heterocycles. The number of rotatable bonds is 7. The van der Waals surface area contributed by atoms with Gasteiger partial charge in [0.2, 0.25) is 0 Å². The van der Waals surface area contributed by atoms with E-state index in [-0.39, 0.29) is 11.9 Å². The van der Waals surface area contributed by atoms with Gasteiger partial charge in [0.25, 0.3) is 5.91 Å². The first-order valence-electron chi connectivity index (χ1n) is 12.9. The molecule has 2 N–H and O–H groups in total. The molecule has 6 nitrogen and oxygen atoms in total. The number of carbonyl (C=O) groups is 2. The molecule has 2 aromatic rings. The summed E-state index contributed by atoms with van der Waals surface area (Å²) in [6, 6.07) is 15.9. The molecule has 2 aliphatic rings. The SMILES string of the molecule is CC[C@@H]1CCCCN1CCCNC(=O)c1ccc(NC(=O)N2CCCCc3ccccc32)cc1. The maximum Gasteiger partial charge on any atom is 0.326 e. The highest BCUT2D eigenvalue weighted by atomic mass is 16.2. The number of benzene rings is 2. The van der Waals surface area contributed by atoms with Gasteiger partial charge in [-0.05, 0) is 87.4 Å². The Bertz CT molecular complexity index is 959. The molecule has 34 heavy (non-hydrogen) atoms. The van der Waals surface area contributed by atoms with Crippen LogP contribution in [-0.2, 0) is 6.42 Å². The highest BCUT2D eigenvalue weighted by Gasteiger charge is 2.21. The topological polar surface area (TPSA) is 64.7 Å². The zero-order valence-electron chi connectivity index (χ0n) is 20.4. The molecule has 0 saturated carbocycles. The summed E-state index contributed by atoms with van der Waals surface area (Å²) in [7, 11) is 0. The van der Waals surface area contributed by atoms with E-state index in [4.69, 9.17) is 0 Å². The Hall–Kier alpha value is -2.86. The van der Waals surface area contributed by atoms with Gasteiger partial charge in [-0.1, -0.05) is 31.5 Å². The predicted molar refractivity (Wildman–Crippen MR) is 139 cm³/mol. The molecule has 1 fully saturated rings. The number of para-hydroxylation sites is 1. The van der Waals surface area contributed by atoms with E-state index in [0.717, 1.165) is 37.9 Å². The number of urea groups is 1. The minimum atomic E-state index is -0.130. The van der Waals surface area contributed by atoms with Crippen LogP contribution < -0.4 is 15.5 Å². The number of fused-ring (bicyclic) bond motifs is 1. The number of hydrogen-bond donors (Lipinski definition) is 2. The second kappa shape index (κ2) is 12.0. The van der Waals surface area contributed by atoms with Crippen LogP contribution in [0.25, 0.3) is 0 Å². The zero-order valence-corrected chi connectivity index (χ0v) is 20.4. The quantitative estimate of drug-likeness (QED) is 0.538. The van der Waals surface area contributed by atoms with Crippen molar-refractivity contribution in [3.63, 3.8) is 0 Å². The smallest absolute Gasteiger partial charge is 0.326 e. The van der Waals surface area contributed by atoms with Gasteiger partial charge < -0.3 is 15.5 Å². The first-order valence-corrected chi connectivity index (χ1v) is 12.9. The molecule has 4 rings (SSSR count). The summed E-state index contributed by atoms with van der Waals surface area (Å²) in [5.41, 5.74) is 3.51. The van der Waals surface area contributed by atoms with Gasteiger partial charge in [0.1, 0.15) is 0 Å². The van der Waals surface area contributed by atoms with Crippen molar-refractivity contribution in [3.8, 4) is 0 Å². The molecular formula is C28H38N4O2. The van der Waals surface area contributed by atoms with E-state index in [2.05, 4.69) is 28.5 Å². The van der Waals surface area contributed by atoms with Crippen molar-refractivity contribution < 1.29 is 9.59 Å². The van der Waals surface area contributed by atoms with E-state index in [0.29, 0.717) is 30.4 Å². The van der Waals surface area contributed by atoms with E-state index in [1.165, 1.54) is 37.8 Å². The van der Waals surface area contributed by atoms with Crippen molar-refractivity contribution in [2.75, 3.05) is 36.4 Å². The van der Waals surface area contributed by atoms with Crippen molar-refractivity contribution in [2.45, 2.75) is 64.3 Å². The van der Waals surface area contributed by atoms with Gasteiger partial charge in [0.05, 0.1) is 0 Å². The Morgan fingerprint density at radius 2 is 1.76 bits per heavy atom. The van der Waals surface area contributed by atoms with Crippen LogP contribution in [0.4, 0.5) is 16.2 Å². The van der Waals surface area contributed by atoms with Gasteiger partial charge in [0, 0.05) is 42.6 Å². The van der Waals surface area contributed by atoms with Crippen LogP contribution in [0.1, 0.15) is 67.8 Å². The first kappa shape index (κ1) is 24.3. The van der Waals surface area contributed by atoms with E-state index in [1.807, 2.05) is 23.1 Å². The van der Waals surface area contributed by atoms with Crippen LogP contribution in [0.5, 0.6) is 0 Å². The summed E-state index contributed by atoms with van der Waals surface area (Å²) in [6.07, 6.45) is 9.17. The molecule has 0 aliphatic carbocycles. The van der Waals surface area contributed by atoms with Gasteiger partial charge in [-0.2, -0.15) is 0 Å². The molecule has 3 amide bonds. The van der Waals surface area contributed by atoms with Crippen LogP contribution in [0.3, 0.4) is 0 Å². The summed E-state index contributed by atoms with van der Waals surface area (Å²) in [4.78, 5) is 29.9. The van der Waals surface area contributed by atoms with Gasteiger partial charge in [-0.15, -0.1) is 0 Å². The Labute approximate surface area is 203 Å². The lowest BCUT2D eigenvalue weighted by atomic mass is 10.00. The second-order valence-corrected chi connectivity index (χ2v) is 9.45. The number of hydrogen-bond acceptors (Lipinski definition) is 3. The normalized spacial score (nSPS) is 18.6.